The average molecular weight is 442 g/mol. The number of aryl methyl sites for hydroxylation is 1. The van der Waals surface area contributed by atoms with Crippen LogP contribution in [-0.2, 0) is 6.42 Å². The Balaban J connectivity index is 1.29. The number of piperidine rings is 1. The van der Waals surface area contributed by atoms with E-state index in [1.807, 2.05) is 19.1 Å². The van der Waals surface area contributed by atoms with Crippen molar-refractivity contribution in [3.05, 3.63) is 57.8 Å². The molecule has 0 saturated carbocycles. The van der Waals surface area contributed by atoms with Crippen molar-refractivity contribution >= 4 is 11.6 Å². The predicted molar refractivity (Wildman–Crippen MR) is 123 cm³/mol. The molecule has 2 N–H and O–H groups in total. The number of carbonyl (C=O) groups is 1. The molecule has 0 bridgehead atoms. The zero-order valence-electron chi connectivity index (χ0n) is 18.6. The molecule has 0 aromatic carbocycles. The maximum atomic E-state index is 12.2. The molecule has 8 heteroatoms. The summed E-state index contributed by atoms with van der Waals surface area (Å²) >= 11 is 0. The number of alkyl halides is 1. The summed E-state index contributed by atoms with van der Waals surface area (Å²) < 4.78 is 12.2. The van der Waals surface area contributed by atoms with Crippen LogP contribution in [0.3, 0.4) is 0 Å². The zero-order chi connectivity index (χ0) is 22.5. The lowest BCUT2D eigenvalue weighted by molar-refractivity contribution is 0.0946. The van der Waals surface area contributed by atoms with Gasteiger partial charge in [-0.3, -0.25) is 14.5 Å². The summed E-state index contributed by atoms with van der Waals surface area (Å²) in [4.78, 5) is 36.3. The number of nitrogens with one attached hydrogen (secondary N) is 2. The van der Waals surface area contributed by atoms with Crippen LogP contribution in [0.25, 0.3) is 0 Å². The molecule has 2 aromatic heterocycles. The van der Waals surface area contributed by atoms with Crippen molar-refractivity contribution in [3.63, 3.8) is 0 Å². The summed E-state index contributed by atoms with van der Waals surface area (Å²) in [5, 5.41) is 2.49. The van der Waals surface area contributed by atoms with Crippen LogP contribution in [0.15, 0.2) is 35.3 Å². The summed E-state index contributed by atoms with van der Waals surface area (Å²) in [5.41, 5.74) is 3.28. The number of amides is 1. The average Bonchev–Trinajstić information content (AvgIpc) is 3.33. The molecule has 1 amide bonds. The lowest BCUT2D eigenvalue weighted by Gasteiger charge is -2.37. The lowest BCUT2D eigenvalue weighted by atomic mass is 10.0. The number of hydrogen-bond acceptors (Lipinski definition) is 5. The molecule has 7 nitrogen and oxygen atoms in total. The molecule has 0 spiro atoms. The minimum atomic E-state index is -0.584. The van der Waals surface area contributed by atoms with Gasteiger partial charge in [-0.25, -0.2) is 9.37 Å². The second kappa shape index (κ2) is 10.3. The number of rotatable bonds is 7. The van der Waals surface area contributed by atoms with Gasteiger partial charge in [0, 0.05) is 49.4 Å². The van der Waals surface area contributed by atoms with Crippen LogP contribution in [0.1, 0.15) is 53.8 Å². The maximum Gasteiger partial charge on any atom is 0.269 e. The van der Waals surface area contributed by atoms with Crippen molar-refractivity contribution in [1.82, 2.24) is 20.2 Å². The molecule has 172 valence electrons. The zero-order valence-corrected chi connectivity index (χ0v) is 18.6. The van der Waals surface area contributed by atoms with Gasteiger partial charge in [0.25, 0.3) is 11.5 Å². The molecule has 32 heavy (non-hydrogen) atoms. The maximum absolute atomic E-state index is 12.2. The van der Waals surface area contributed by atoms with Gasteiger partial charge in [-0.05, 0) is 50.4 Å². The van der Waals surface area contributed by atoms with Gasteiger partial charge in [-0.2, -0.15) is 0 Å². The Labute approximate surface area is 188 Å². The van der Waals surface area contributed by atoms with Crippen molar-refractivity contribution in [2.45, 2.75) is 44.6 Å². The largest absolute Gasteiger partial charge is 0.370 e. The molecule has 2 aromatic rings. The number of H-pyrrole nitrogens is 1. The highest BCUT2D eigenvalue weighted by Crippen LogP contribution is 2.30. The minimum Gasteiger partial charge on any atom is -0.370 e. The highest BCUT2D eigenvalue weighted by atomic mass is 19.1. The Kier molecular flexibility index (Phi) is 7.19. The van der Waals surface area contributed by atoms with E-state index in [-0.39, 0.29) is 18.0 Å². The smallest absolute Gasteiger partial charge is 0.269 e. The second-order valence-corrected chi connectivity index (χ2v) is 8.67. The van der Waals surface area contributed by atoms with Crippen LogP contribution in [0.5, 0.6) is 0 Å². The number of aromatic amines is 1. The summed E-state index contributed by atoms with van der Waals surface area (Å²) in [5.74, 6) is 0.0501. The molecule has 4 heterocycles. The summed E-state index contributed by atoms with van der Waals surface area (Å²) in [6, 6.07) is 8.23. The van der Waals surface area contributed by atoms with Gasteiger partial charge in [0.1, 0.15) is 12.4 Å². The molecule has 2 fully saturated rings. The first-order valence-electron chi connectivity index (χ1n) is 11.6. The number of nitrogens with zero attached hydrogens (tertiary/aromatic N) is 3. The number of aromatic nitrogens is 2. The van der Waals surface area contributed by atoms with Gasteiger partial charge in [-0.1, -0.05) is 13.0 Å². The molecule has 1 unspecified atom stereocenters. The molecule has 2 saturated heterocycles. The van der Waals surface area contributed by atoms with E-state index in [0.717, 1.165) is 68.8 Å². The fourth-order valence-electron chi connectivity index (χ4n) is 4.86. The SMILES string of the molecule is CCc1ccc(C2CCN(C3CCN(c4ccc(C(=O)NCCF)nc4)CC3)C2)[nH]c1=O. The van der Waals surface area contributed by atoms with Crippen molar-refractivity contribution in [1.29, 1.82) is 0 Å². The molecule has 4 rings (SSSR count). The number of carbonyl (C=O) groups excluding carboxylic acids is 1. The van der Waals surface area contributed by atoms with E-state index in [1.54, 1.807) is 12.3 Å². The third kappa shape index (κ3) is 5.01. The van der Waals surface area contributed by atoms with Crippen molar-refractivity contribution in [3.8, 4) is 0 Å². The van der Waals surface area contributed by atoms with E-state index < -0.39 is 6.67 Å². The van der Waals surface area contributed by atoms with Crippen LogP contribution >= 0.6 is 0 Å². The number of pyridine rings is 2. The Hall–Kier alpha value is -2.74. The lowest BCUT2D eigenvalue weighted by Crippen LogP contribution is -2.44. The normalized spacial score (nSPS) is 19.9. The van der Waals surface area contributed by atoms with E-state index in [2.05, 4.69) is 31.2 Å². The third-order valence-corrected chi connectivity index (χ3v) is 6.76. The van der Waals surface area contributed by atoms with Crippen molar-refractivity contribution in [2.75, 3.05) is 44.3 Å². The fraction of sp³-hybridized carbons (Fsp3) is 0.542. The van der Waals surface area contributed by atoms with E-state index in [9.17, 15) is 14.0 Å². The number of anilines is 1. The Morgan fingerprint density at radius 1 is 1.19 bits per heavy atom. The van der Waals surface area contributed by atoms with Gasteiger partial charge in [0.05, 0.1) is 11.9 Å². The third-order valence-electron chi connectivity index (χ3n) is 6.76. The summed E-state index contributed by atoms with van der Waals surface area (Å²) in [6.07, 6.45) is 5.73. The summed E-state index contributed by atoms with van der Waals surface area (Å²) in [7, 11) is 0. The second-order valence-electron chi connectivity index (χ2n) is 8.67. The van der Waals surface area contributed by atoms with Gasteiger partial charge < -0.3 is 15.2 Å². The quantitative estimate of drug-likeness (QED) is 0.690. The van der Waals surface area contributed by atoms with E-state index in [4.69, 9.17) is 0 Å². The Morgan fingerprint density at radius 2 is 2.00 bits per heavy atom. The van der Waals surface area contributed by atoms with Crippen LogP contribution in [0.4, 0.5) is 10.1 Å². The highest BCUT2D eigenvalue weighted by molar-refractivity contribution is 5.92. The molecule has 0 radical (unpaired) electrons. The first kappa shape index (κ1) is 22.5. The van der Waals surface area contributed by atoms with Crippen LogP contribution in [0.2, 0.25) is 0 Å². The molecule has 0 aliphatic carbocycles. The predicted octanol–water partition coefficient (Wildman–Crippen LogP) is 2.49. The van der Waals surface area contributed by atoms with Crippen LogP contribution < -0.4 is 15.8 Å². The Bertz CT molecular complexity index is 969. The van der Waals surface area contributed by atoms with Crippen molar-refractivity contribution < 1.29 is 9.18 Å². The summed E-state index contributed by atoms with van der Waals surface area (Å²) in [6.45, 7) is 5.39. The van der Waals surface area contributed by atoms with Gasteiger partial charge in [0.2, 0.25) is 0 Å². The first-order valence-corrected chi connectivity index (χ1v) is 11.6. The number of hydrogen-bond donors (Lipinski definition) is 2. The minimum absolute atomic E-state index is 0.00721. The highest BCUT2D eigenvalue weighted by Gasteiger charge is 2.32. The molecular formula is C24H32FN5O2. The van der Waals surface area contributed by atoms with Gasteiger partial charge in [0.15, 0.2) is 0 Å². The van der Waals surface area contributed by atoms with Gasteiger partial charge >= 0.3 is 0 Å². The molecule has 2 aliphatic heterocycles. The first-order chi connectivity index (χ1) is 15.6. The monoisotopic (exact) mass is 441 g/mol. The number of halogens is 1. The van der Waals surface area contributed by atoms with Crippen molar-refractivity contribution in [2.24, 2.45) is 0 Å². The van der Waals surface area contributed by atoms with Gasteiger partial charge in [-0.15, -0.1) is 0 Å². The molecular weight excluding hydrogens is 409 g/mol. The van der Waals surface area contributed by atoms with E-state index >= 15 is 0 Å². The fourth-order valence-corrected chi connectivity index (χ4v) is 4.86. The topological polar surface area (TPSA) is 81.3 Å². The number of likely N-dealkylation sites (tertiary alicyclic amines) is 1. The Morgan fingerprint density at radius 3 is 2.66 bits per heavy atom. The molecule has 2 aliphatic rings. The van der Waals surface area contributed by atoms with Crippen LogP contribution in [0, 0.1) is 0 Å². The molecule has 1 atom stereocenters. The van der Waals surface area contributed by atoms with E-state index in [0.29, 0.717) is 17.7 Å². The van der Waals surface area contributed by atoms with E-state index in [1.165, 1.54) is 0 Å². The van der Waals surface area contributed by atoms with Crippen LogP contribution in [-0.4, -0.2) is 66.2 Å². The standard InChI is InChI=1S/C24H32FN5O2/c1-2-17-3-5-21(28-23(17)31)18-7-12-30(16-18)19-8-13-29(14-9-19)20-4-6-22(27-15-20)24(32)26-11-10-25/h3-6,15,18-19H,2,7-14,16H2,1H3,(H,26,32)(H,28,31).